The lowest BCUT2D eigenvalue weighted by molar-refractivity contribution is 0.102. The van der Waals surface area contributed by atoms with E-state index < -0.39 is 0 Å². The summed E-state index contributed by atoms with van der Waals surface area (Å²) in [7, 11) is 1.74. The number of carbonyl (C=O) groups excluding carboxylic acids is 1. The smallest absolute Gasteiger partial charge is 0.258 e. The van der Waals surface area contributed by atoms with Crippen LogP contribution in [0.15, 0.2) is 22.7 Å². The van der Waals surface area contributed by atoms with Gasteiger partial charge in [0.25, 0.3) is 5.91 Å². The van der Waals surface area contributed by atoms with Crippen LogP contribution in [0, 0.1) is 13.8 Å². The topological polar surface area (TPSA) is 59.8 Å². The summed E-state index contributed by atoms with van der Waals surface area (Å²) in [6.45, 7) is 3.75. The van der Waals surface area contributed by atoms with Crippen LogP contribution in [0.4, 0.5) is 5.95 Å². The molecule has 1 amide bonds. The van der Waals surface area contributed by atoms with Crippen LogP contribution in [0.1, 0.15) is 21.7 Å². The number of aromatic nitrogens is 3. The Kier molecular flexibility index (Phi) is 3.47. The van der Waals surface area contributed by atoms with Gasteiger partial charge in [0.2, 0.25) is 5.95 Å². The van der Waals surface area contributed by atoms with Gasteiger partial charge in [0, 0.05) is 17.1 Å². The third-order valence-electron chi connectivity index (χ3n) is 2.53. The molecular weight excluding hydrogens is 296 g/mol. The predicted molar refractivity (Wildman–Crippen MR) is 72.6 cm³/mol. The number of aryl methyl sites for hydroxylation is 3. The first-order chi connectivity index (χ1) is 8.47. The maximum atomic E-state index is 12.0. The van der Waals surface area contributed by atoms with Crippen molar-refractivity contribution in [3.8, 4) is 0 Å². The normalized spacial score (nSPS) is 10.4. The van der Waals surface area contributed by atoms with Crippen LogP contribution < -0.4 is 5.32 Å². The molecule has 0 spiro atoms. The van der Waals surface area contributed by atoms with Gasteiger partial charge in [-0.3, -0.25) is 10.1 Å². The van der Waals surface area contributed by atoms with Crippen molar-refractivity contribution in [2.24, 2.45) is 7.05 Å². The molecule has 0 fully saturated rings. The van der Waals surface area contributed by atoms with Gasteiger partial charge in [-0.1, -0.05) is 22.0 Å². The summed E-state index contributed by atoms with van der Waals surface area (Å²) in [5, 5.41) is 6.79. The quantitative estimate of drug-likeness (QED) is 0.927. The zero-order valence-electron chi connectivity index (χ0n) is 10.4. The number of anilines is 1. The number of carbonyl (C=O) groups is 1. The van der Waals surface area contributed by atoms with Crippen LogP contribution in [-0.4, -0.2) is 20.7 Å². The van der Waals surface area contributed by atoms with Crippen molar-refractivity contribution < 1.29 is 4.79 Å². The molecule has 0 aliphatic rings. The summed E-state index contributed by atoms with van der Waals surface area (Å²) in [6, 6.07) is 5.45. The van der Waals surface area contributed by atoms with Crippen molar-refractivity contribution in [1.29, 1.82) is 0 Å². The van der Waals surface area contributed by atoms with Gasteiger partial charge in [-0.15, -0.1) is 0 Å². The van der Waals surface area contributed by atoms with E-state index in [2.05, 4.69) is 31.3 Å². The fourth-order valence-corrected chi connectivity index (χ4v) is 1.91. The SMILES string of the molecule is Cc1nc(NC(=O)c2ccc(C)c(Br)c2)n(C)n1. The summed E-state index contributed by atoms with van der Waals surface area (Å²) in [4.78, 5) is 16.1. The van der Waals surface area contributed by atoms with E-state index in [1.165, 1.54) is 4.68 Å². The monoisotopic (exact) mass is 308 g/mol. The fraction of sp³-hybridized carbons (Fsp3) is 0.250. The molecule has 0 unspecified atom stereocenters. The van der Waals surface area contributed by atoms with Crippen molar-refractivity contribution in [2.75, 3.05) is 5.32 Å². The summed E-state index contributed by atoms with van der Waals surface area (Å²) in [5.74, 6) is 0.860. The Morgan fingerprint density at radius 2 is 2.11 bits per heavy atom. The highest BCUT2D eigenvalue weighted by atomic mass is 79.9. The summed E-state index contributed by atoms with van der Waals surface area (Å²) in [5.41, 5.74) is 1.66. The summed E-state index contributed by atoms with van der Waals surface area (Å²) < 4.78 is 2.44. The molecule has 1 aromatic carbocycles. The Morgan fingerprint density at radius 1 is 1.39 bits per heavy atom. The minimum Gasteiger partial charge on any atom is -0.291 e. The maximum absolute atomic E-state index is 12.0. The third kappa shape index (κ3) is 2.59. The molecule has 18 heavy (non-hydrogen) atoms. The number of amides is 1. The van der Waals surface area contributed by atoms with Crippen molar-refractivity contribution in [3.63, 3.8) is 0 Å². The molecule has 2 aromatic rings. The van der Waals surface area contributed by atoms with Crippen molar-refractivity contribution >= 4 is 27.8 Å². The Labute approximate surface area is 113 Å². The molecule has 1 heterocycles. The van der Waals surface area contributed by atoms with Crippen LogP contribution in [0.25, 0.3) is 0 Å². The minimum atomic E-state index is -0.203. The standard InChI is InChI=1S/C12H13BrN4O/c1-7-4-5-9(6-10(7)13)11(18)15-12-14-8(2)16-17(12)3/h4-6H,1-3H3,(H,14,15,16,18). The van der Waals surface area contributed by atoms with E-state index in [-0.39, 0.29) is 5.91 Å². The Morgan fingerprint density at radius 3 is 2.67 bits per heavy atom. The number of rotatable bonds is 2. The molecule has 0 saturated heterocycles. The minimum absolute atomic E-state index is 0.203. The van der Waals surface area contributed by atoms with Gasteiger partial charge < -0.3 is 0 Å². The third-order valence-corrected chi connectivity index (χ3v) is 3.38. The molecule has 0 atom stereocenters. The highest BCUT2D eigenvalue weighted by Gasteiger charge is 2.11. The van der Waals surface area contributed by atoms with Gasteiger partial charge in [-0.2, -0.15) is 10.1 Å². The molecule has 0 aliphatic carbocycles. The van der Waals surface area contributed by atoms with Crippen molar-refractivity contribution in [1.82, 2.24) is 14.8 Å². The molecule has 0 aliphatic heterocycles. The number of nitrogens with zero attached hydrogens (tertiary/aromatic N) is 3. The lowest BCUT2D eigenvalue weighted by atomic mass is 10.1. The second-order valence-electron chi connectivity index (χ2n) is 4.02. The van der Waals surface area contributed by atoms with Crippen LogP contribution in [-0.2, 0) is 7.05 Å². The number of hydrogen-bond donors (Lipinski definition) is 1. The molecule has 94 valence electrons. The van der Waals surface area contributed by atoms with E-state index in [9.17, 15) is 4.79 Å². The zero-order chi connectivity index (χ0) is 13.3. The Hall–Kier alpha value is -1.69. The highest BCUT2D eigenvalue weighted by molar-refractivity contribution is 9.10. The van der Waals surface area contributed by atoms with E-state index in [0.717, 1.165) is 10.0 Å². The van der Waals surface area contributed by atoms with E-state index in [1.54, 1.807) is 26.1 Å². The summed E-state index contributed by atoms with van der Waals surface area (Å²) >= 11 is 3.41. The molecule has 0 saturated carbocycles. The van der Waals surface area contributed by atoms with Gasteiger partial charge in [0.15, 0.2) is 0 Å². The van der Waals surface area contributed by atoms with E-state index in [0.29, 0.717) is 17.3 Å². The molecular formula is C12H13BrN4O. The predicted octanol–water partition coefficient (Wildman–Crippen LogP) is 2.45. The highest BCUT2D eigenvalue weighted by Crippen LogP contribution is 2.18. The number of benzene rings is 1. The lowest BCUT2D eigenvalue weighted by Crippen LogP contribution is -2.15. The van der Waals surface area contributed by atoms with Gasteiger partial charge >= 0.3 is 0 Å². The van der Waals surface area contributed by atoms with Crippen LogP contribution in [0.3, 0.4) is 0 Å². The van der Waals surface area contributed by atoms with Gasteiger partial charge in [-0.05, 0) is 31.5 Å². The number of hydrogen-bond acceptors (Lipinski definition) is 3. The fourth-order valence-electron chi connectivity index (χ4n) is 1.53. The Bertz CT molecular complexity index is 606. The van der Waals surface area contributed by atoms with Gasteiger partial charge in [0.05, 0.1) is 0 Å². The largest absolute Gasteiger partial charge is 0.291 e. The van der Waals surface area contributed by atoms with Crippen LogP contribution in [0.2, 0.25) is 0 Å². The molecule has 1 aromatic heterocycles. The first-order valence-electron chi connectivity index (χ1n) is 5.42. The van der Waals surface area contributed by atoms with E-state index >= 15 is 0 Å². The molecule has 2 rings (SSSR count). The molecule has 6 heteroatoms. The van der Waals surface area contributed by atoms with Crippen molar-refractivity contribution in [3.05, 3.63) is 39.6 Å². The molecule has 0 radical (unpaired) electrons. The van der Waals surface area contributed by atoms with Gasteiger partial charge in [0.1, 0.15) is 5.82 Å². The van der Waals surface area contributed by atoms with Crippen LogP contribution in [0.5, 0.6) is 0 Å². The first-order valence-corrected chi connectivity index (χ1v) is 6.22. The zero-order valence-corrected chi connectivity index (χ0v) is 11.9. The van der Waals surface area contributed by atoms with Crippen LogP contribution >= 0.6 is 15.9 Å². The average molecular weight is 309 g/mol. The molecule has 0 bridgehead atoms. The van der Waals surface area contributed by atoms with Crippen molar-refractivity contribution in [2.45, 2.75) is 13.8 Å². The first kappa shape index (κ1) is 12.8. The maximum Gasteiger partial charge on any atom is 0.258 e. The van der Waals surface area contributed by atoms with Gasteiger partial charge in [-0.25, -0.2) is 4.68 Å². The number of halogens is 1. The molecule has 5 nitrogen and oxygen atoms in total. The van der Waals surface area contributed by atoms with E-state index in [4.69, 9.17) is 0 Å². The second-order valence-corrected chi connectivity index (χ2v) is 4.88. The summed E-state index contributed by atoms with van der Waals surface area (Å²) in [6.07, 6.45) is 0. The molecule has 1 N–H and O–H groups in total. The second kappa shape index (κ2) is 4.89. The lowest BCUT2D eigenvalue weighted by Gasteiger charge is -2.05. The Balaban J connectivity index is 2.22. The number of nitrogens with one attached hydrogen (secondary N) is 1. The average Bonchev–Trinajstić information content (AvgIpc) is 2.61. The van der Waals surface area contributed by atoms with E-state index in [1.807, 2.05) is 13.0 Å².